The van der Waals surface area contributed by atoms with Crippen LogP contribution in [0.25, 0.3) is 0 Å². The van der Waals surface area contributed by atoms with Crippen molar-refractivity contribution < 1.29 is 23.9 Å². The highest BCUT2D eigenvalue weighted by Gasteiger charge is 2.30. The third-order valence-corrected chi connectivity index (χ3v) is 3.19. The zero-order valence-electron chi connectivity index (χ0n) is 15.5. The molecule has 1 rings (SSSR count). The first kappa shape index (κ1) is 20.5. The molecule has 1 aromatic carbocycles. The van der Waals surface area contributed by atoms with E-state index in [-0.39, 0.29) is 11.9 Å². The van der Waals surface area contributed by atoms with Crippen molar-refractivity contribution in [2.75, 3.05) is 0 Å². The molecule has 2 amide bonds. The number of ether oxygens (including phenoxy) is 2. The molecule has 0 aliphatic heterocycles. The molecular weight excluding hydrogens is 324 g/mol. The topological polar surface area (TPSA) is 84.9 Å². The van der Waals surface area contributed by atoms with E-state index in [4.69, 9.17) is 9.47 Å². The molecule has 0 aliphatic rings. The summed E-state index contributed by atoms with van der Waals surface area (Å²) >= 11 is 0. The lowest BCUT2D eigenvalue weighted by atomic mass is 10.0. The normalized spacial score (nSPS) is 11.8. The van der Waals surface area contributed by atoms with Gasteiger partial charge in [0.2, 0.25) is 0 Å². The lowest BCUT2D eigenvalue weighted by molar-refractivity contribution is 0.0326. The van der Waals surface area contributed by atoms with Crippen LogP contribution in [0.3, 0.4) is 0 Å². The van der Waals surface area contributed by atoms with Crippen molar-refractivity contribution in [2.45, 2.75) is 59.8 Å². The summed E-state index contributed by atoms with van der Waals surface area (Å²) in [7, 11) is 0. The summed E-state index contributed by atoms with van der Waals surface area (Å²) in [6.45, 7) is 10.1. The van der Waals surface area contributed by atoms with Gasteiger partial charge in [-0.2, -0.15) is 0 Å². The third kappa shape index (κ3) is 6.45. The molecule has 1 N–H and O–H groups in total. The molecule has 0 aliphatic carbocycles. The summed E-state index contributed by atoms with van der Waals surface area (Å²) in [5.74, 6) is -0.328. The smallest absolute Gasteiger partial charge is 0.429 e. The Morgan fingerprint density at radius 3 is 1.92 bits per heavy atom. The average Bonchev–Trinajstić information content (AvgIpc) is 2.50. The van der Waals surface area contributed by atoms with E-state index in [0.717, 1.165) is 10.6 Å². The van der Waals surface area contributed by atoms with Crippen molar-refractivity contribution in [3.05, 3.63) is 35.4 Å². The highest BCUT2D eigenvalue weighted by atomic mass is 16.6. The molecule has 0 bridgehead atoms. The van der Waals surface area contributed by atoms with Gasteiger partial charge in [-0.25, -0.2) is 20.0 Å². The van der Waals surface area contributed by atoms with E-state index >= 15 is 0 Å². The van der Waals surface area contributed by atoms with Gasteiger partial charge in [0, 0.05) is 5.56 Å². The minimum atomic E-state index is -0.964. The second-order valence-electron chi connectivity index (χ2n) is 6.27. The Morgan fingerprint density at radius 2 is 1.44 bits per heavy atom. The minimum Gasteiger partial charge on any atom is -0.446 e. The number of hydrogen-bond donors (Lipinski definition) is 1. The van der Waals surface area contributed by atoms with Crippen LogP contribution in [0.15, 0.2) is 24.3 Å². The van der Waals surface area contributed by atoms with Crippen LogP contribution in [-0.4, -0.2) is 41.2 Å². The van der Waals surface area contributed by atoms with Gasteiger partial charge in [0.05, 0.1) is 12.2 Å². The SMILES string of the molecule is Cc1ccc(C(=O)[C@H](C)N(NC(=O)OC(C)C)C(=O)OC(C)C)cc1. The van der Waals surface area contributed by atoms with Crippen LogP contribution >= 0.6 is 0 Å². The Morgan fingerprint density at radius 1 is 0.920 bits per heavy atom. The number of carbonyl (C=O) groups is 3. The number of hydrazine groups is 1. The molecule has 138 valence electrons. The highest BCUT2D eigenvalue weighted by Crippen LogP contribution is 2.11. The molecule has 0 saturated heterocycles. The predicted octanol–water partition coefficient (Wildman–Crippen LogP) is 3.46. The quantitative estimate of drug-likeness (QED) is 0.649. The van der Waals surface area contributed by atoms with E-state index in [1.807, 2.05) is 6.92 Å². The first-order valence-electron chi connectivity index (χ1n) is 8.19. The zero-order valence-corrected chi connectivity index (χ0v) is 15.5. The molecule has 0 heterocycles. The van der Waals surface area contributed by atoms with Gasteiger partial charge >= 0.3 is 12.2 Å². The van der Waals surface area contributed by atoms with Gasteiger partial charge in [0.1, 0.15) is 6.04 Å². The molecule has 0 spiro atoms. The molecule has 7 nitrogen and oxygen atoms in total. The maximum absolute atomic E-state index is 12.6. The van der Waals surface area contributed by atoms with Gasteiger partial charge in [-0.05, 0) is 41.5 Å². The Hall–Kier alpha value is -2.57. The largest absolute Gasteiger partial charge is 0.446 e. The van der Waals surface area contributed by atoms with Crippen molar-refractivity contribution >= 4 is 18.0 Å². The van der Waals surface area contributed by atoms with E-state index < -0.39 is 24.3 Å². The van der Waals surface area contributed by atoms with Gasteiger partial charge < -0.3 is 9.47 Å². The van der Waals surface area contributed by atoms with E-state index in [1.54, 1.807) is 52.0 Å². The van der Waals surface area contributed by atoms with Crippen LogP contribution in [0.4, 0.5) is 9.59 Å². The molecule has 7 heteroatoms. The van der Waals surface area contributed by atoms with Gasteiger partial charge in [-0.15, -0.1) is 0 Å². The molecule has 1 atom stereocenters. The molecule has 0 unspecified atom stereocenters. The Labute approximate surface area is 148 Å². The van der Waals surface area contributed by atoms with E-state index in [1.165, 1.54) is 6.92 Å². The molecule has 25 heavy (non-hydrogen) atoms. The van der Waals surface area contributed by atoms with Crippen molar-refractivity contribution in [2.24, 2.45) is 0 Å². The second kappa shape index (κ2) is 9.05. The highest BCUT2D eigenvalue weighted by molar-refractivity contribution is 6.01. The number of nitrogens with one attached hydrogen (secondary N) is 1. The summed E-state index contributed by atoms with van der Waals surface area (Å²) in [6.07, 6.45) is -2.44. The fourth-order valence-corrected chi connectivity index (χ4v) is 1.97. The Kier molecular flexibility index (Phi) is 7.42. The lowest BCUT2D eigenvalue weighted by Crippen LogP contribution is -2.54. The number of carbonyl (C=O) groups excluding carboxylic acids is 3. The van der Waals surface area contributed by atoms with Crippen LogP contribution < -0.4 is 5.43 Å². The van der Waals surface area contributed by atoms with Gasteiger partial charge in [0.15, 0.2) is 5.78 Å². The summed E-state index contributed by atoms with van der Waals surface area (Å²) in [5, 5.41) is 0.854. The van der Waals surface area contributed by atoms with Crippen LogP contribution in [0.2, 0.25) is 0 Å². The fourth-order valence-electron chi connectivity index (χ4n) is 1.97. The van der Waals surface area contributed by atoms with E-state index in [2.05, 4.69) is 5.43 Å². The fraction of sp³-hybridized carbons (Fsp3) is 0.500. The van der Waals surface area contributed by atoms with E-state index in [0.29, 0.717) is 5.56 Å². The van der Waals surface area contributed by atoms with Crippen LogP contribution in [0.1, 0.15) is 50.5 Å². The first-order valence-corrected chi connectivity index (χ1v) is 8.19. The van der Waals surface area contributed by atoms with Crippen molar-refractivity contribution in [3.63, 3.8) is 0 Å². The van der Waals surface area contributed by atoms with Crippen LogP contribution in [-0.2, 0) is 9.47 Å². The number of nitrogens with zero attached hydrogens (tertiary/aromatic N) is 1. The van der Waals surface area contributed by atoms with Crippen molar-refractivity contribution in [3.8, 4) is 0 Å². The third-order valence-electron chi connectivity index (χ3n) is 3.19. The van der Waals surface area contributed by atoms with Crippen LogP contribution in [0, 0.1) is 6.92 Å². The molecule has 1 aromatic rings. The molecule has 0 radical (unpaired) electrons. The monoisotopic (exact) mass is 350 g/mol. The summed E-state index contributed by atoms with van der Waals surface area (Å²) in [4.78, 5) is 36.8. The Bertz CT molecular complexity index is 610. The second-order valence-corrected chi connectivity index (χ2v) is 6.27. The average molecular weight is 350 g/mol. The number of benzene rings is 1. The number of Topliss-reactive ketones (excluding diaryl/α,β-unsaturated/α-hetero) is 1. The van der Waals surface area contributed by atoms with Crippen LogP contribution in [0.5, 0.6) is 0 Å². The minimum absolute atomic E-state index is 0.328. The van der Waals surface area contributed by atoms with Crippen molar-refractivity contribution in [1.82, 2.24) is 10.4 Å². The maximum Gasteiger partial charge on any atom is 0.429 e. The zero-order chi connectivity index (χ0) is 19.1. The number of amides is 2. The Balaban J connectivity index is 2.99. The number of ketones is 1. The first-order chi connectivity index (χ1) is 11.6. The van der Waals surface area contributed by atoms with E-state index in [9.17, 15) is 14.4 Å². The maximum atomic E-state index is 12.6. The number of hydrogen-bond acceptors (Lipinski definition) is 5. The predicted molar refractivity (Wildman–Crippen MR) is 93.2 cm³/mol. The molecule has 0 saturated carbocycles. The number of aryl methyl sites for hydroxylation is 1. The summed E-state index contributed by atoms with van der Waals surface area (Å²) < 4.78 is 10.1. The van der Waals surface area contributed by atoms with Gasteiger partial charge in [-0.3, -0.25) is 4.79 Å². The molecular formula is C18H26N2O5. The number of rotatable bonds is 5. The molecule has 0 fully saturated rings. The molecule has 0 aromatic heterocycles. The standard InChI is InChI=1S/C18H26N2O5/c1-11(2)24-17(22)19-20(18(23)25-12(3)4)14(6)16(21)15-9-7-13(5)8-10-15/h7-12,14H,1-6H3,(H,19,22)/t14-/m0/s1. The summed E-state index contributed by atoms with van der Waals surface area (Å²) in [6, 6.07) is 5.99. The van der Waals surface area contributed by atoms with Gasteiger partial charge in [0.25, 0.3) is 0 Å². The lowest BCUT2D eigenvalue weighted by Gasteiger charge is -2.28. The summed E-state index contributed by atoms with van der Waals surface area (Å²) in [5.41, 5.74) is 3.74. The van der Waals surface area contributed by atoms with Crippen molar-refractivity contribution in [1.29, 1.82) is 0 Å². The van der Waals surface area contributed by atoms with Gasteiger partial charge in [-0.1, -0.05) is 29.8 Å².